The van der Waals surface area contributed by atoms with Gasteiger partial charge in [-0.15, -0.1) is 3.89 Å². The lowest BCUT2D eigenvalue weighted by molar-refractivity contribution is -0.115. The Hall–Kier alpha value is -0.950. The Bertz CT molecular complexity index is 489. The first-order valence-electron chi connectivity index (χ1n) is 4.34. The summed E-state index contributed by atoms with van der Waals surface area (Å²) < 4.78 is 34.4. The van der Waals surface area contributed by atoms with Gasteiger partial charge in [-0.1, -0.05) is 28.1 Å². The van der Waals surface area contributed by atoms with Crippen molar-refractivity contribution in [3.05, 3.63) is 24.3 Å². The van der Waals surface area contributed by atoms with Crippen LogP contribution in [0.3, 0.4) is 0 Å². The van der Waals surface area contributed by atoms with Gasteiger partial charge in [-0.05, 0) is 12.1 Å². The van der Waals surface area contributed by atoms with E-state index in [0.29, 0.717) is 5.33 Å². The minimum atomic E-state index is -4.82. The number of anilines is 1. The summed E-state index contributed by atoms with van der Waals surface area (Å²) in [5.41, 5.74) is -0.0454. The number of hydrogen-bond acceptors (Lipinski definition) is 3. The van der Waals surface area contributed by atoms with Crippen molar-refractivity contribution < 1.29 is 17.1 Å². The van der Waals surface area contributed by atoms with Crippen LogP contribution in [0, 0.1) is 0 Å². The van der Waals surface area contributed by atoms with Crippen LogP contribution in [0.1, 0.15) is 6.42 Å². The zero-order chi connectivity index (χ0) is 12.2. The van der Waals surface area contributed by atoms with E-state index in [1.165, 1.54) is 18.2 Å². The highest BCUT2D eigenvalue weighted by Crippen LogP contribution is 2.22. The average Bonchev–Trinajstić information content (AvgIpc) is 2.17. The minimum Gasteiger partial charge on any atom is -0.325 e. The molecule has 0 spiro atoms. The van der Waals surface area contributed by atoms with Gasteiger partial charge in [0.25, 0.3) is 0 Å². The second-order valence-electron chi connectivity index (χ2n) is 2.92. The lowest BCUT2D eigenvalue weighted by Gasteiger charge is -2.07. The Labute approximate surface area is 101 Å². The van der Waals surface area contributed by atoms with Crippen LogP contribution in [-0.4, -0.2) is 19.7 Å². The van der Waals surface area contributed by atoms with E-state index in [2.05, 4.69) is 21.2 Å². The molecule has 0 aliphatic heterocycles. The molecule has 88 valence electrons. The molecule has 1 rings (SSSR count). The maximum absolute atomic E-state index is 12.8. The monoisotopic (exact) mass is 309 g/mol. The molecule has 4 nitrogen and oxygen atoms in total. The molecule has 0 saturated heterocycles. The maximum atomic E-state index is 12.8. The number of rotatable bonds is 4. The summed E-state index contributed by atoms with van der Waals surface area (Å²) in [4.78, 5) is 10.7. The van der Waals surface area contributed by atoms with Gasteiger partial charge in [-0.2, -0.15) is 8.42 Å². The standard InChI is InChI=1S/C9H9BrFNO3S/c10-6-5-9(13)12-7-3-1-2-4-8(7)16(11,14)15/h1-4H,5-6H2,(H,12,13). The summed E-state index contributed by atoms with van der Waals surface area (Å²) in [5.74, 6) is -0.382. The number of benzene rings is 1. The second kappa shape index (κ2) is 5.40. The molecule has 1 aromatic rings. The third-order valence-corrected chi connectivity index (χ3v) is 3.02. The summed E-state index contributed by atoms with van der Waals surface area (Å²) in [5, 5.41) is 2.78. The number of para-hydroxylation sites is 1. The molecule has 0 aromatic heterocycles. The Kier molecular flexibility index (Phi) is 4.43. The van der Waals surface area contributed by atoms with Crippen molar-refractivity contribution in [3.8, 4) is 0 Å². The average molecular weight is 310 g/mol. The van der Waals surface area contributed by atoms with E-state index in [1.54, 1.807) is 0 Å². The number of amides is 1. The van der Waals surface area contributed by atoms with Crippen LogP contribution >= 0.6 is 15.9 Å². The molecule has 0 fully saturated rings. The van der Waals surface area contributed by atoms with Gasteiger partial charge in [0.2, 0.25) is 5.91 Å². The van der Waals surface area contributed by atoms with E-state index in [0.717, 1.165) is 6.07 Å². The highest BCUT2D eigenvalue weighted by molar-refractivity contribution is 9.09. The maximum Gasteiger partial charge on any atom is 0.334 e. The first-order chi connectivity index (χ1) is 7.45. The Morgan fingerprint density at radius 2 is 2.00 bits per heavy atom. The van der Waals surface area contributed by atoms with Crippen LogP contribution in [0.4, 0.5) is 9.57 Å². The van der Waals surface area contributed by atoms with Crippen LogP contribution in [0.25, 0.3) is 0 Å². The Balaban J connectivity index is 3.01. The predicted molar refractivity (Wildman–Crippen MR) is 61.8 cm³/mol. The molecule has 1 N–H and O–H groups in total. The van der Waals surface area contributed by atoms with Crippen molar-refractivity contribution in [2.75, 3.05) is 10.6 Å². The molecular formula is C9H9BrFNO3S. The van der Waals surface area contributed by atoms with E-state index >= 15 is 0 Å². The topological polar surface area (TPSA) is 63.2 Å². The molecule has 0 unspecified atom stereocenters. The smallest absolute Gasteiger partial charge is 0.325 e. The van der Waals surface area contributed by atoms with Gasteiger partial charge >= 0.3 is 10.2 Å². The van der Waals surface area contributed by atoms with Crippen molar-refractivity contribution >= 4 is 37.7 Å². The quantitative estimate of drug-likeness (QED) is 0.684. The van der Waals surface area contributed by atoms with Crippen molar-refractivity contribution in [3.63, 3.8) is 0 Å². The summed E-state index contributed by atoms with van der Waals surface area (Å²) in [6.07, 6.45) is 0.181. The van der Waals surface area contributed by atoms with Crippen LogP contribution in [-0.2, 0) is 15.0 Å². The molecule has 0 radical (unpaired) electrons. The molecule has 1 aromatic carbocycles. The van der Waals surface area contributed by atoms with E-state index in [4.69, 9.17) is 0 Å². The molecular weight excluding hydrogens is 301 g/mol. The van der Waals surface area contributed by atoms with Crippen LogP contribution in [0.5, 0.6) is 0 Å². The first-order valence-corrected chi connectivity index (χ1v) is 6.85. The predicted octanol–water partition coefficient (Wildman–Crippen LogP) is 2.07. The minimum absolute atomic E-state index is 0.0454. The van der Waals surface area contributed by atoms with Gasteiger partial charge in [-0.25, -0.2) is 0 Å². The van der Waals surface area contributed by atoms with E-state index in [9.17, 15) is 17.1 Å². The molecule has 0 aliphatic rings. The molecule has 7 heteroatoms. The Morgan fingerprint density at radius 1 is 1.38 bits per heavy atom. The number of nitrogens with one attached hydrogen (secondary N) is 1. The molecule has 16 heavy (non-hydrogen) atoms. The Morgan fingerprint density at radius 3 is 2.56 bits per heavy atom. The van der Waals surface area contributed by atoms with Gasteiger partial charge in [-0.3, -0.25) is 4.79 Å². The third-order valence-electron chi connectivity index (χ3n) is 1.75. The number of carbonyl (C=O) groups excluding carboxylic acids is 1. The molecule has 0 aliphatic carbocycles. The van der Waals surface area contributed by atoms with Crippen LogP contribution < -0.4 is 5.32 Å². The van der Waals surface area contributed by atoms with Crippen molar-refractivity contribution in [2.24, 2.45) is 0 Å². The van der Waals surface area contributed by atoms with Gasteiger partial charge in [0, 0.05) is 11.8 Å². The highest BCUT2D eigenvalue weighted by atomic mass is 79.9. The lowest BCUT2D eigenvalue weighted by Crippen LogP contribution is -2.13. The molecule has 0 atom stereocenters. The highest BCUT2D eigenvalue weighted by Gasteiger charge is 2.17. The molecule has 1 amide bonds. The van der Waals surface area contributed by atoms with Gasteiger partial charge in [0.1, 0.15) is 4.90 Å². The van der Waals surface area contributed by atoms with Crippen LogP contribution in [0.15, 0.2) is 29.2 Å². The van der Waals surface area contributed by atoms with E-state index in [1.807, 2.05) is 0 Å². The lowest BCUT2D eigenvalue weighted by atomic mass is 10.3. The van der Waals surface area contributed by atoms with Gasteiger partial charge in [0.15, 0.2) is 0 Å². The number of alkyl halides is 1. The van der Waals surface area contributed by atoms with E-state index in [-0.39, 0.29) is 18.0 Å². The number of hydrogen-bond donors (Lipinski definition) is 1. The third kappa shape index (κ3) is 3.57. The van der Waals surface area contributed by atoms with E-state index < -0.39 is 15.1 Å². The zero-order valence-electron chi connectivity index (χ0n) is 8.11. The first kappa shape index (κ1) is 13.1. The largest absolute Gasteiger partial charge is 0.334 e. The van der Waals surface area contributed by atoms with Crippen molar-refractivity contribution in [2.45, 2.75) is 11.3 Å². The fourth-order valence-corrected chi connectivity index (χ4v) is 2.06. The normalized spacial score (nSPS) is 11.1. The zero-order valence-corrected chi connectivity index (χ0v) is 10.5. The van der Waals surface area contributed by atoms with Crippen molar-refractivity contribution in [1.82, 2.24) is 0 Å². The second-order valence-corrected chi connectivity index (χ2v) is 5.03. The summed E-state index contributed by atoms with van der Waals surface area (Å²) >= 11 is 3.07. The van der Waals surface area contributed by atoms with Gasteiger partial charge in [0.05, 0.1) is 5.69 Å². The summed E-state index contributed by atoms with van der Waals surface area (Å²) in [7, 11) is -4.82. The number of carbonyl (C=O) groups is 1. The summed E-state index contributed by atoms with van der Waals surface area (Å²) in [6, 6.07) is 5.32. The fraction of sp³-hybridized carbons (Fsp3) is 0.222. The number of halogens is 2. The SMILES string of the molecule is O=C(CCBr)Nc1ccccc1S(=O)(=O)F. The molecule has 0 bridgehead atoms. The molecule has 0 heterocycles. The summed E-state index contributed by atoms with van der Waals surface area (Å²) in [6.45, 7) is 0. The van der Waals surface area contributed by atoms with Crippen LogP contribution in [0.2, 0.25) is 0 Å². The fourth-order valence-electron chi connectivity index (χ4n) is 1.08. The molecule has 0 saturated carbocycles. The van der Waals surface area contributed by atoms with Gasteiger partial charge < -0.3 is 5.32 Å². The van der Waals surface area contributed by atoms with Crippen molar-refractivity contribution in [1.29, 1.82) is 0 Å².